The third-order valence-electron chi connectivity index (χ3n) is 3.89. The normalized spacial score (nSPS) is 11.1. The van der Waals surface area contributed by atoms with Crippen molar-refractivity contribution >= 4 is 11.9 Å². The fraction of sp³-hybridized carbons (Fsp3) is 0.235. The van der Waals surface area contributed by atoms with Crippen molar-refractivity contribution in [1.82, 2.24) is 9.13 Å². The fourth-order valence-corrected chi connectivity index (χ4v) is 2.16. The molecule has 0 saturated heterocycles. The summed E-state index contributed by atoms with van der Waals surface area (Å²) in [7, 11) is 3.16. The molecule has 2 rings (SSSR count). The van der Waals surface area contributed by atoms with Crippen molar-refractivity contribution in [2.24, 2.45) is 14.1 Å². The molecule has 1 N–H and O–H groups in total. The molecule has 0 bridgehead atoms. The summed E-state index contributed by atoms with van der Waals surface area (Å²) in [5, 5.41) is 9.87. The quantitative estimate of drug-likeness (QED) is 0.684. The predicted octanol–water partition coefficient (Wildman–Crippen LogP) is 1.30. The number of pyridine rings is 2. The highest BCUT2D eigenvalue weighted by atomic mass is 16.3. The molecule has 23 heavy (non-hydrogen) atoms. The Morgan fingerprint density at radius 1 is 1.04 bits per heavy atom. The third kappa shape index (κ3) is 3.01. The Kier molecular flexibility index (Phi) is 4.36. The molecule has 0 spiro atoms. The van der Waals surface area contributed by atoms with E-state index in [4.69, 9.17) is 0 Å². The summed E-state index contributed by atoms with van der Waals surface area (Å²) >= 11 is 0. The molecule has 0 aliphatic carbocycles. The minimum Gasteiger partial charge on any atom is -0.507 e. The van der Waals surface area contributed by atoms with Gasteiger partial charge in [-0.2, -0.15) is 0 Å². The predicted molar refractivity (Wildman–Crippen MR) is 87.9 cm³/mol. The summed E-state index contributed by atoms with van der Waals surface area (Å²) < 4.78 is 2.75. The molecule has 6 nitrogen and oxygen atoms in total. The molecular weight excluding hydrogens is 296 g/mol. The standard InChI is InChI=1S/C17H18N2O4/c1-10-5-6-12(16(22)18(10)3)7-8-13(20)15-14(21)9-11(2)19(4)17(15)23/h5-9,21H,1-4H3/b8-7+. The molecule has 0 aromatic carbocycles. The monoisotopic (exact) mass is 314 g/mol. The molecule has 0 radical (unpaired) electrons. The number of ketones is 1. The molecular formula is C17H18N2O4. The van der Waals surface area contributed by atoms with Crippen LogP contribution in [-0.4, -0.2) is 20.0 Å². The van der Waals surface area contributed by atoms with E-state index < -0.39 is 11.3 Å². The second-order valence-electron chi connectivity index (χ2n) is 5.40. The lowest BCUT2D eigenvalue weighted by molar-refractivity contribution is 0.104. The molecule has 6 heteroatoms. The second-order valence-corrected chi connectivity index (χ2v) is 5.40. The average molecular weight is 314 g/mol. The second kappa shape index (κ2) is 6.08. The van der Waals surface area contributed by atoms with Gasteiger partial charge in [0.2, 0.25) is 0 Å². The summed E-state index contributed by atoms with van der Waals surface area (Å²) in [4.78, 5) is 36.4. The van der Waals surface area contributed by atoms with Crippen LogP contribution >= 0.6 is 0 Å². The van der Waals surface area contributed by atoms with Crippen LogP contribution in [0.2, 0.25) is 0 Å². The molecule has 120 valence electrons. The van der Waals surface area contributed by atoms with Crippen molar-refractivity contribution in [3.8, 4) is 5.75 Å². The first-order chi connectivity index (χ1) is 10.7. The Morgan fingerprint density at radius 2 is 1.65 bits per heavy atom. The first kappa shape index (κ1) is 16.5. The van der Waals surface area contributed by atoms with Gasteiger partial charge in [-0.3, -0.25) is 14.4 Å². The van der Waals surface area contributed by atoms with Gasteiger partial charge >= 0.3 is 0 Å². The lowest BCUT2D eigenvalue weighted by Crippen LogP contribution is -2.25. The number of hydrogen-bond donors (Lipinski definition) is 1. The van der Waals surface area contributed by atoms with Crippen LogP contribution in [0.1, 0.15) is 27.3 Å². The van der Waals surface area contributed by atoms with E-state index >= 15 is 0 Å². The number of hydrogen-bond acceptors (Lipinski definition) is 4. The number of carbonyl (C=O) groups is 1. The van der Waals surface area contributed by atoms with Crippen molar-refractivity contribution in [2.45, 2.75) is 13.8 Å². The zero-order chi connectivity index (χ0) is 17.3. The van der Waals surface area contributed by atoms with E-state index in [1.165, 1.54) is 28.3 Å². The number of aryl methyl sites for hydroxylation is 2. The van der Waals surface area contributed by atoms with Gasteiger partial charge in [-0.05, 0) is 38.1 Å². The van der Waals surface area contributed by atoms with Gasteiger partial charge in [0.15, 0.2) is 5.78 Å². The molecule has 0 aliphatic rings. The molecule has 0 amide bonds. The first-order valence-corrected chi connectivity index (χ1v) is 7.02. The van der Waals surface area contributed by atoms with E-state index in [-0.39, 0.29) is 16.9 Å². The summed E-state index contributed by atoms with van der Waals surface area (Å²) in [5.41, 5.74) is 0.543. The summed E-state index contributed by atoms with van der Waals surface area (Å²) in [5.74, 6) is -1.01. The van der Waals surface area contributed by atoms with E-state index in [2.05, 4.69) is 0 Å². The number of aromatic hydroxyl groups is 1. The lowest BCUT2D eigenvalue weighted by Gasteiger charge is -2.07. The highest BCUT2D eigenvalue weighted by Crippen LogP contribution is 2.15. The minimum absolute atomic E-state index is 0.241. The van der Waals surface area contributed by atoms with Gasteiger partial charge in [-0.15, -0.1) is 0 Å². The zero-order valence-electron chi connectivity index (χ0n) is 13.5. The number of aromatic nitrogens is 2. The van der Waals surface area contributed by atoms with Gasteiger partial charge in [-0.25, -0.2) is 0 Å². The topological polar surface area (TPSA) is 81.3 Å². The fourth-order valence-electron chi connectivity index (χ4n) is 2.16. The van der Waals surface area contributed by atoms with Gasteiger partial charge < -0.3 is 14.2 Å². The summed E-state index contributed by atoms with van der Waals surface area (Å²) in [6.45, 7) is 3.45. The Labute approximate surface area is 132 Å². The van der Waals surface area contributed by atoms with Gasteiger partial charge in [0, 0.05) is 37.1 Å². The molecule has 0 atom stereocenters. The molecule has 2 aromatic heterocycles. The summed E-state index contributed by atoms with van der Waals surface area (Å²) in [6.07, 6.45) is 2.47. The Hall–Kier alpha value is -2.89. The van der Waals surface area contributed by atoms with Crippen LogP contribution in [0.3, 0.4) is 0 Å². The maximum absolute atomic E-state index is 12.2. The van der Waals surface area contributed by atoms with Crippen molar-refractivity contribution < 1.29 is 9.90 Å². The largest absolute Gasteiger partial charge is 0.507 e. The number of carbonyl (C=O) groups excluding carboxylic acids is 1. The molecule has 2 aromatic rings. The third-order valence-corrected chi connectivity index (χ3v) is 3.89. The van der Waals surface area contributed by atoms with E-state index in [0.717, 1.165) is 11.8 Å². The van der Waals surface area contributed by atoms with E-state index in [9.17, 15) is 19.5 Å². The molecule has 2 heterocycles. The van der Waals surface area contributed by atoms with E-state index in [1.54, 1.807) is 33.0 Å². The number of rotatable bonds is 3. The number of nitrogens with zero attached hydrogens (tertiary/aromatic N) is 2. The SMILES string of the molecule is Cc1ccc(/C=C/C(=O)c2c(O)cc(C)n(C)c2=O)c(=O)n1C. The van der Waals surface area contributed by atoms with Crippen LogP contribution in [0.15, 0.2) is 33.9 Å². The molecule has 0 unspecified atom stereocenters. The summed E-state index contributed by atoms with van der Waals surface area (Å²) in [6, 6.07) is 4.72. The highest BCUT2D eigenvalue weighted by Gasteiger charge is 2.16. The van der Waals surface area contributed by atoms with Crippen LogP contribution in [0.5, 0.6) is 5.75 Å². The Balaban J connectivity index is 2.45. The molecule has 0 aliphatic heterocycles. The Bertz CT molecular complexity index is 933. The minimum atomic E-state index is -0.647. The lowest BCUT2D eigenvalue weighted by atomic mass is 10.1. The van der Waals surface area contributed by atoms with Gasteiger partial charge in [0.25, 0.3) is 11.1 Å². The highest BCUT2D eigenvalue weighted by molar-refractivity contribution is 6.08. The van der Waals surface area contributed by atoms with Crippen molar-refractivity contribution in [3.63, 3.8) is 0 Å². The van der Waals surface area contributed by atoms with E-state index in [0.29, 0.717) is 11.3 Å². The smallest absolute Gasteiger partial charge is 0.265 e. The maximum Gasteiger partial charge on any atom is 0.265 e. The molecule has 0 saturated carbocycles. The van der Waals surface area contributed by atoms with Crippen LogP contribution < -0.4 is 11.1 Å². The van der Waals surface area contributed by atoms with Crippen LogP contribution in [0.25, 0.3) is 6.08 Å². The Morgan fingerprint density at radius 3 is 2.30 bits per heavy atom. The van der Waals surface area contributed by atoms with Gasteiger partial charge in [0.05, 0.1) is 0 Å². The van der Waals surface area contributed by atoms with Crippen molar-refractivity contribution in [1.29, 1.82) is 0 Å². The van der Waals surface area contributed by atoms with Crippen LogP contribution in [0, 0.1) is 13.8 Å². The van der Waals surface area contributed by atoms with Crippen LogP contribution in [-0.2, 0) is 14.1 Å². The van der Waals surface area contributed by atoms with Crippen molar-refractivity contribution in [2.75, 3.05) is 0 Å². The van der Waals surface area contributed by atoms with Gasteiger partial charge in [0.1, 0.15) is 11.3 Å². The zero-order valence-corrected chi connectivity index (χ0v) is 13.5. The average Bonchev–Trinajstić information content (AvgIpc) is 2.50. The number of allylic oxidation sites excluding steroid dienone is 1. The van der Waals surface area contributed by atoms with E-state index in [1.807, 2.05) is 0 Å². The maximum atomic E-state index is 12.2. The molecule has 0 fully saturated rings. The van der Waals surface area contributed by atoms with Crippen molar-refractivity contribution in [3.05, 3.63) is 67.5 Å². The first-order valence-electron chi connectivity index (χ1n) is 7.02. The van der Waals surface area contributed by atoms with Gasteiger partial charge in [-0.1, -0.05) is 0 Å². The van der Waals surface area contributed by atoms with Crippen LogP contribution in [0.4, 0.5) is 0 Å².